The van der Waals surface area contributed by atoms with Crippen LogP contribution in [0.5, 0.6) is 11.5 Å². The normalized spacial score (nSPS) is 12.5. The number of rotatable bonds is 10. The highest BCUT2D eigenvalue weighted by atomic mass is 35.5. The predicted octanol–water partition coefficient (Wildman–Crippen LogP) is 4.06. The number of benzene rings is 2. The third-order valence-corrected chi connectivity index (χ3v) is 5.50. The molecule has 11 heteroatoms. The Kier molecular flexibility index (Phi) is 7.49. The highest BCUT2D eigenvalue weighted by Gasteiger charge is 2.40. The van der Waals surface area contributed by atoms with Crippen molar-refractivity contribution in [1.29, 1.82) is 0 Å². The van der Waals surface area contributed by atoms with E-state index >= 15 is 0 Å². The van der Waals surface area contributed by atoms with Crippen LogP contribution in [0.3, 0.4) is 0 Å². The monoisotopic (exact) mass is 475 g/mol. The summed E-state index contributed by atoms with van der Waals surface area (Å²) in [7, 11) is 2.92. The van der Waals surface area contributed by atoms with Crippen molar-refractivity contribution in [3.63, 3.8) is 0 Å². The second kappa shape index (κ2) is 10.3. The van der Waals surface area contributed by atoms with Gasteiger partial charge in [-0.2, -0.15) is 0 Å². The van der Waals surface area contributed by atoms with Crippen LogP contribution in [0, 0.1) is 10.1 Å². The molecule has 2 aromatic carbocycles. The first kappa shape index (κ1) is 24.0. The van der Waals surface area contributed by atoms with E-state index < -0.39 is 16.7 Å². The van der Waals surface area contributed by atoms with Crippen molar-refractivity contribution in [2.45, 2.75) is 25.7 Å². The summed E-state index contributed by atoms with van der Waals surface area (Å²) in [5.41, 5.74) is -0.0733. The number of hydrogen-bond donors (Lipinski definition) is 1. The summed E-state index contributed by atoms with van der Waals surface area (Å²) < 4.78 is 10.4. The van der Waals surface area contributed by atoms with Crippen molar-refractivity contribution in [3.05, 3.63) is 56.6 Å². The molecule has 0 unspecified atom stereocenters. The number of carbonyl (C=O) groups excluding carboxylic acids is 3. The van der Waals surface area contributed by atoms with E-state index in [0.717, 1.165) is 4.90 Å². The van der Waals surface area contributed by atoms with Crippen molar-refractivity contribution < 1.29 is 28.8 Å². The van der Waals surface area contributed by atoms with Crippen LogP contribution in [-0.2, 0) is 4.79 Å². The van der Waals surface area contributed by atoms with E-state index in [1.54, 1.807) is 12.1 Å². The number of nitrogens with one attached hydrogen (secondary N) is 1. The highest BCUT2D eigenvalue weighted by molar-refractivity contribution is 6.32. The first-order valence-corrected chi connectivity index (χ1v) is 10.5. The van der Waals surface area contributed by atoms with Crippen molar-refractivity contribution >= 4 is 40.7 Å². The number of nitro groups is 1. The Morgan fingerprint density at radius 2 is 1.82 bits per heavy atom. The number of ether oxygens (including phenoxy) is 2. The Balaban J connectivity index is 1.50. The van der Waals surface area contributed by atoms with Gasteiger partial charge in [-0.1, -0.05) is 24.1 Å². The fraction of sp³-hybridized carbons (Fsp3) is 0.318. The second-order valence-corrected chi connectivity index (χ2v) is 7.67. The molecule has 2 aromatic rings. The molecule has 1 N–H and O–H groups in total. The molecule has 1 aliphatic heterocycles. The maximum atomic E-state index is 12.5. The quantitative estimate of drug-likeness (QED) is 0.237. The average Bonchev–Trinajstić information content (AvgIpc) is 3.04. The van der Waals surface area contributed by atoms with E-state index in [0.29, 0.717) is 41.5 Å². The number of carbonyl (C=O) groups is 3. The van der Waals surface area contributed by atoms with Gasteiger partial charge in [-0.05, 0) is 18.9 Å². The number of methoxy groups -OCH3 is 2. The van der Waals surface area contributed by atoms with E-state index in [1.807, 2.05) is 0 Å². The number of hydrogen-bond acceptors (Lipinski definition) is 7. The SMILES string of the molecule is COc1cc(NC(=O)CCCCCN2C(=O)c3cccc([N+](=O)[O-])c3C2=O)c(OC)cc1Cl. The number of unbranched alkanes of at least 4 members (excludes halogenated alkanes) is 2. The third-order valence-electron chi connectivity index (χ3n) is 5.21. The number of imide groups is 1. The predicted molar refractivity (Wildman–Crippen MR) is 120 cm³/mol. The number of fused-ring (bicyclic) bond motifs is 1. The molecule has 0 aliphatic carbocycles. The van der Waals surface area contributed by atoms with Gasteiger partial charge in [-0.3, -0.25) is 29.4 Å². The zero-order chi connectivity index (χ0) is 24.1. The summed E-state index contributed by atoms with van der Waals surface area (Å²) in [4.78, 5) is 48.9. The van der Waals surface area contributed by atoms with Gasteiger partial charge in [0.05, 0.1) is 35.4 Å². The lowest BCUT2D eigenvalue weighted by Crippen LogP contribution is -2.30. The molecule has 0 atom stereocenters. The van der Waals surface area contributed by atoms with Crippen molar-refractivity contribution in [2.24, 2.45) is 0 Å². The lowest BCUT2D eigenvalue weighted by molar-refractivity contribution is -0.385. The maximum absolute atomic E-state index is 12.5. The maximum Gasteiger partial charge on any atom is 0.282 e. The topological polar surface area (TPSA) is 128 Å². The third kappa shape index (κ3) is 5.06. The molecular weight excluding hydrogens is 454 g/mol. The summed E-state index contributed by atoms with van der Waals surface area (Å²) in [6.07, 6.45) is 1.76. The number of nitrogens with zero attached hydrogens (tertiary/aromatic N) is 2. The summed E-state index contributed by atoms with van der Waals surface area (Å²) >= 11 is 6.06. The summed E-state index contributed by atoms with van der Waals surface area (Å²) in [5.74, 6) is -0.652. The van der Waals surface area contributed by atoms with Crippen molar-refractivity contribution in [1.82, 2.24) is 4.90 Å². The van der Waals surface area contributed by atoms with Gasteiger partial charge in [-0.15, -0.1) is 0 Å². The first-order valence-electron chi connectivity index (χ1n) is 10.1. The summed E-state index contributed by atoms with van der Waals surface area (Å²) in [6.45, 7) is 0.118. The number of amides is 3. The molecule has 1 aliphatic rings. The molecule has 0 spiro atoms. The van der Waals surface area contributed by atoms with Gasteiger partial charge in [0.2, 0.25) is 5.91 Å². The Morgan fingerprint density at radius 3 is 2.48 bits per heavy atom. The molecule has 0 fully saturated rings. The Bertz CT molecular complexity index is 1120. The van der Waals surface area contributed by atoms with Crippen molar-refractivity contribution in [2.75, 3.05) is 26.1 Å². The highest BCUT2D eigenvalue weighted by Crippen LogP contribution is 2.36. The fourth-order valence-electron chi connectivity index (χ4n) is 3.57. The molecule has 0 radical (unpaired) electrons. The van der Waals surface area contributed by atoms with Crippen LogP contribution in [0.4, 0.5) is 11.4 Å². The van der Waals surface area contributed by atoms with Crippen LogP contribution in [0.15, 0.2) is 30.3 Å². The largest absolute Gasteiger partial charge is 0.495 e. The molecule has 0 saturated carbocycles. The molecule has 0 aromatic heterocycles. The Labute approximate surface area is 194 Å². The van der Waals surface area contributed by atoms with E-state index in [1.165, 1.54) is 32.4 Å². The number of nitro benzene ring substituents is 1. The number of halogens is 1. The molecule has 10 nitrogen and oxygen atoms in total. The molecule has 1 heterocycles. The minimum atomic E-state index is -0.669. The summed E-state index contributed by atoms with van der Waals surface area (Å²) in [5, 5.41) is 14.3. The Hall–Kier alpha value is -3.66. The summed E-state index contributed by atoms with van der Waals surface area (Å²) in [6, 6.07) is 7.11. The van der Waals surface area contributed by atoms with Gasteiger partial charge >= 0.3 is 0 Å². The second-order valence-electron chi connectivity index (χ2n) is 7.26. The van der Waals surface area contributed by atoms with E-state index in [4.69, 9.17) is 21.1 Å². The zero-order valence-electron chi connectivity index (χ0n) is 18.1. The lowest BCUT2D eigenvalue weighted by Gasteiger charge is -2.14. The first-order chi connectivity index (χ1) is 15.8. The van der Waals surface area contributed by atoms with Gasteiger partial charge in [0, 0.05) is 31.2 Å². The Morgan fingerprint density at radius 1 is 1.09 bits per heavy atom. The molecule has 33 heavy (non-hydrogen) atoms. The van der Waals surface area contributed by atoms with Crippen LogP contribution in [0.1, 0.15) is 46.4 Å². The zero-order valence-corrected chi connectivity index (χ0v) is 18.8. The molecule has 0 bridgehead atoms. The standard InChI is InChI=1S/C22H22ClN3O7/c1-32-17-12-15(18(33-2)11-14(17)23)24-19(27)9-4-3-5-10-25-21(28)13-7-6-8-16(26(30)31)20(13)22(25)29/h6-8,11-12H,3-5,9-10H2,1-2H3,(H,24,27). The van der Waals surface area contributed by atoms with E-state index in [2.05, 4.69) is 5.32 Å². The van der Waals surface area contributed by atoms with Gasteiger partial charge in [0.15, 0.2) is 0 Å². The minimum absolute atomic E-state index is 0.0425. The van der Waals surface area contributed by atoms with Crippen LogP contribution in [-0.4, -0.2) is 48.3 Å². The molecular formula is C22H22ClN3O7. The van der Waals surface area contributed by atoms with Crippen LogP contribution in [0.25, 0.3) is 0 Å². The van der Waals surface area contributed by atoms with Gasteiger partial charge in [-0.25, -0.2) is 0 Å². The van der Waals surface area contributed by atoms with Crippen molar-refractivity contribution in [3.8, 4) is 11.5 Å². The van der Waals surface area contributed by atoms with Crippen LogP contribution >= 0.6 is 11.6 Å². The van der Waals surface area contributed by atoms with Crippen LogP contribution in [0.2, 0.25) is 5.02 Å². The fourth-order valence-corrected chi connectivity index (χ4v) is 3.80. The smallest absolute Gasteiger partial charge is 0.282 e. The average molecular weight is 476 g/mol. The lowest BCUT2D eigenvalue weighted by atomic mass is 10.1. The minimum Gasteiger partial charge on any atom is -0.495 e. The number of anilines is 1. The van der Waals surface area contributed by atoms with Gasteiger partial charge < -0.3 is 14.8 Å². The van der Waals surface area contributed by atoms with E-state index in [-0.39, 0.29) is 35.7 Å². The van der Waals surface area contributed by atoms with Gasteiger partial charge in [0.1, 0.15) is 17.1 Å². The van der Waals surface area contributed by atoms with Gasteiger partial charge in [0.25, 0.3) is 17.5 Å². The van der Waals surface area contributed by atoms with E-state index in [9.17, 15) is 24.5 Å². The molecule has 0 saturated heterocycles. The van der Waals surface area contributed by atoms with Crippen LogP contribution < -0.4 is 14.8 Å². The molecule has 3 rings (SSSR count). The molecule has 3 amide bonds. The molecule has 174 valence electrons.